The molecule has 1 heterocycles. The van der Waals surface area contributed by atoms with Crippen LogP contribution < -0.4 is 4.74 Å². The van der Waals surface area contributed by atoms with Crippen molar-refractivity contribution in [2.45, 2.75) is 51.0 Å². The Morgan fingerprint density at radius 1 is 1.14 bits per heavy atom. The van der Waals surface area contributed by atoms with E-state index in [9.17, 15) is 28.2 Å². The van der Waals surface area contributed by atoms with Crippen LogP contribution in [-0.2, 0) is 10.4 Å². The smallest absolute Gasteiger partial charge is 0.422 e. The number of aromatic nitrogens is 1. The average molecular weight is 411 g/mol. The summed E-state index contributed by atoms with van der Waals surface area (Å²) in [6, 6.07) is 9.33. The van der Waals surface area contributed by atoms with Gasteiger partial charge in [-0.2, -0.15) is 13.2 Å². The van der Waals surface area contributed by atoms with Crippen molar-refractivity contribution in [2.24, 2.45) is 0 Å². The summed E-state index contributed by atoms with van der Waals surface area (Å²) < 4.78 is 41.1. The average Bonchev–Trinajstić information content (AvgIpc) is 2.65. The van der Waals surface area contributed by atoms with Crippen molar-refractivity contribution in [3.05, 3.63) is 59.4 Å². The minimum Gasteiger partial charge on any atom is -0.483 e. The molecule has 2 rings (SSSR count). The van der Waals surface area contributed by atoms with Gasteiger partial charge in [-0.15, -0.1) is 0 Å². The van der Waals surface area contributed by atoms with Gasteiger partial charge in [-0.25, -0.2) is 0 Å². The molecule has 0 saturated heterocycles. The van der Waals surface area contributed by atoms with E-state index in [1.807, 2.05) is 0 Å². The molecule has 158 valence electrons. The molecule has 0 amide bonds. The number of nitrogens with zero attached hydrogens (tertiary/aromatic N) is 1. The fourth-order valence-electron chi connectivity index (χ4n) is 2.71. The Hall–Kier alpha value is -2.45. The Labute approximate surface area is 167 Å². The van der Waals surface area contributed by atoms with E-state index in [0.717, 1.165) is 0 Å². The van der Waals surface area contributed by atoms with Gasteiger partial charge in [0.2, 0.25) is 0 Å². The van der Waals surface area contributed by atoms with E-state index < -0.39 is 30.3 Å². The Morgan fingerprint density at radius 2 is 1.76 bits per heavy atom. The molecule has 0 radical (unpaired) electrons. The maximum absolute atomic E-state index is 12.4. The van der Waals surface area contributed by atoms with Crippen LogP contribution in [0.5, 0.6) is 5.75 Å². The van der Waals surface area contributed by atoms with Gasteiger partial charge in [-0.05, 0) is 37.1 Å². The number of aliphatic hydroxyl groups is 2. The number of aliphatic hydroxyl groups excluding tert-OH is 1. The SMILES string of the molecule is CC(CC(=O)C(O)c1ccc(C(C)(C)O)cc1)c1ccc(OCC(F)(F)F)cn1. The van der Waals surface area contributed by atoms with E-state index in [-0.39, 0.29) is 18.1 Å². The Balaban J connectivity index is 1.97. The first-order valence-electron chi connectivity index (χ1n) is 9.06. The van der Waals surface area contributed by atoms with Crippen LogP contribution in [0.15, 0.2) is 42.6 Å². The normalized spacial score (nSPS) is 14.3. The first-order valence-corrected chi connectivity index (χ1v) is 9.06. The highest BCUT2D eigenvalue weighted by Gasteiger charge is 2.28. The zero-order chi connectivity index (χ0) is 21.8. The molecule has 1 aromatic heterocycles. The van der Waals surface area contributed by atoms with Crippen molar-refractivity contribution in [1.82, 2.24) is 4.98 Å². The highest BCUT2D eigenvalue weighted by atomic mass is 19.4. The molecule has 29 heavy (non-hydrogen) atoms. The standard InChI is InChI=1S/C21H24F3NO4/c1-13(17-9-8-16(11-25-17)29-12-21(22,23)24)10-18(26)19(27)14-4-6-15(7-5-14)20(2,3)28/h4-9,11,13,19,27-28H,10,12H2,1-3H3. The largest absolute Gasteiger partial charge is 0.483 e. The second-order valence-electron chi connectivity index (χ2n) is 7.48. The quantitative estimate of drug-likeness (QED) is 0.685. The monoisotopic (exact) mass is 411 g/mol. The molecule has 0 aliphatic carbocycles. The van der Waals surface area contributed by atoms with Gasteiger partial charge in [0.25, 0.3) is 0 Å². The number of ether oxygens (including phenoxy) is 1. The molecule has 2 aromatic rings. The lowest BCUT2D eigenvalue weighted by molar-refractivity contribution is -0.153. The molecule has 1 aromatic carbocycles. The third-order valence-corrected chi connectivity index (χ3v) is 4.41. The molecule has 2 unspecified atom stereocenters. The summed E-state index contributed by atoms with van der Waals surface area (Å²) in [4.78, 5) is 16.5. The number of rotatable bonds is 8. The van der Waals surface area contributed by atoms with Crippen molar-refractivity contribution >= 4 is 5.78 Å². The first kappa shape index (κ1) is 22.8. The second kappa shape index (κ2) is 8.92. The van der Waals surface area contributed by atoms with E-state index in [2.05, 4.69) is 9.72 Å². The maximum Gasteiger partial charge on any atom is 0.422 e. The fraction of sp³-hybridized carbons (Fsp3) is 0.429. The summed E-state index contributed by atoms with van der Waals surface area (Å²) in [6.45, 7) is 3.61. The van der Waals surface area contributed by atoms with E-state index in [4.69, 9.17) is 0 Å². The number of carbonyl (C=O) groups excluding carboxylic acids is 1. The lowest BCUT2D eigenvalue weighted by Gasteiger charge is -2.19. The van der Waals surface area contributed by atoms with Crippen molar-refractivity contribution in [1.29, 1.82) is 0 Å². The summed E-state index contributed by atoms with van der Waals surface area (Å²) in [5.41, 5.74) is 0.552. The molecule has 8 heteroatoms. The number of halogens is 3. The number of ketones is 1. The van der Waals surface area contributed by atoms with Crippen LogP contribution in [0.1, 0.15) is 56.0 Å². The minimum atomic E-state index is -4.43. The molecule has 0 spiro atoms. The van der Waals surface area contributed by atoms with Gasteiger partial charge in [0.15, 0.2) is 12.4 Å². The molecular formula is C21H24F3NO4. The molecule has 5 nitrogen and oxygen atoms in total. The maximum atomic E-state index is 12.4. The van der Waals surface area contributed by atoms with E-state index in [0.29, 0.717) is 16.8 Å². The number of hydrogen-bond donors (Lipinski definition) is 2. The zero-order valence-electron chi connectivity index (χ0n) is 16.4. The number of Topliss-reactive ketones (excluding diaryl/α,β-unsaturated/α-hetero) is 1. The fourth-order valence-corrected chi connectivity index (χ4v) is 2.71. The third kappa shape index (κ3) is 6.83. The molecule has 0 fully saturated rings. The summed E-state index contributed by atoms with van der Waals surface area (Å²) in [7, 11) is 0. The van der Waals surface area contributed by atoms with Crippen LogP contribution in [0.25, 0.3) is 0 Å². The molecular weight excluding hydrogens is 387 g/mol. The Kier molecular flexibility index (Phi) is 7.02. The minimum absolute atomic E-state index is 0.00413. The van der Waals surface area contributed by atoms with Crippen LogP contribution >= 0.6 is 0 Å². The van der Waals surface area contributed by atoms with Gasteiger partial charge in [0, 0.05) is 18.0 Å². The van der Waals surface area contributed by atoms with Crippen molar-refractivity contribution < 1.29 is 32.9 Å². The number of alkyl halides is 3. The highest BCUT2D eigenvalue weighted by Crippen LogP contribution is 2.26. The number of hydrogen-bond acceptors (Lipinski definition) is 5. The third-order valence-electron chi connectivity index (χ3n) is 4.41. The summed E-state index contributed by atoms with van der Waals surface area (Å²) >= 11 is 0. The Morgan fingerprint density at radius 3 is 2.24 bits per heavy atom. The van der Waals surface area contributed by atoms with E-state index in [1.54, 1.807) is 45.0 Å². The van der Waals surface area contributed by atoms with Crippen LogP contribution in [0, 0.1) is 0 Å². The van der Waals surface area contributed by atoms with Gasteiger partial charge in [0.05, 0.1) is 11.8 Å². The summed E-state index contributed by atoms with van der Waals surface area (Å²) in [6.07, 6.45) is -4.57. The molecule has 0 aliphatic rings. The molecule has 2 N–H and O–H groups in total. The van der Waals surface area contributed by atoms with Gasteiger partial charge in [0.1, 0.15) is 11.9 Å². The van der Waals surface area contributed by atoms with Crippen molar-refractivity contribution in [3.63, 3.8) is 0 Å². The molecule has 2 atom stereocenters. The first-order chi connectivity index (χ1) is 13.4. The van der Waals surface area contributed by atoms with Crippen LogP contribution in [0.2, 0.25) is 0 Å². The van der Waals surface area contributed by atoms with Gasteiger partial charge in [-0.3, -0.25) is 9.78 Å². The number of benzene rings is 1. The lowest BCUT2D eigenvalue weighted by atomic mass is 9.92. The van der Waals surface area contributed by atoms with Gasteiger partial charge >= 0.3 is 6.18 Å². The summed E-state index contributed by atoms with van der Waals surface area (Å²) in [5, 5.41) is 20.3. The van der Waals surface area contributed by atoms with E-state index >= 15 is 0 Å². The van der Waals surface area contributed by atoms with Crippen molar-refractivity contribution in [2.75, 3.05) is 6.61 Å². The Bertz CT molecular complexity index is 812. The molecule has 0 bridgehead atoms. The predicted octanol–water partition coefficient (Wildman–Crippen LogP) is 4.05. The lowest BCUT2D eigenvalue weighted by Crippen LogP contribution is -2.19. The summed E-state index contributed by atoms with van der Waals surface area (Å²) in [5.74, 6) is -0.770. The molecule has 0 saturated carbocycles. The van der Waals surface area contributed by atoms with Crippen LogP contribution in [0.3, 0.4) is 0 Å². The van der Waals surface area contributed by atoms with Crippen molar-refractivity contribution in [3.8, 4) is 5.75 Å². The van der Waals surface area contributed by atoms with Gasteiger partial charge < -0.3 is 14.9 Å². The number of pyridine rings is 1. The predicted molar refractivity (Wildman–Crippen MR) is 100 cm³/mol. The second-order valence-corrected chi connectivity index (χ2v) is 7.48. The zero-order valence-corrected chi connectivity index (χ0v) is 16.4. The van der Waals surface area contributed by atoms with E-state index in [1.165, 1.54) is 18.3 Å². The highest BCUT2D eigenvalue weighted by molar-refractivity contribution is 5.84. The topological polar surface area (TPSA) is 79.7 Å². The van der Waals surface area contributed by atoms with Crippen LogP contribution in [0.4, 0.5) is 13.2 Å². The molecule has 0 aliphatic heterocycles. The van der Waals surface area contributed by atoms with Gasteiger partial charge in [-0.1, -0.05) is 31.2 Å². The van der Waals surface area contributed by atoms with Crippen LogP contribution in [-0.4, -0.2) is 33.8 Å². The number of carbonyl (C=O) groups is 1.